The molecule has 1 N–H and O–H groups in total. The van der Waals surface area contributed by atoms with Crippen molar-refractivity contribution in [3.05, 3.63) is 29.6 Å². The summed E-state index contributed by atoms with van der Waals surface area (Å²) in [6.07, 6.45) is 1.31. The molecule has 0 aromatic heterocycles. The Morgan fingerprint density at radius 2 is 2.20 bits per heavy atom. The maximum Gasteiger partial charge on any atom is 0.125 e. The first-order valence-electron chi connectivity index (χ1n) is 7.42. The van der Waals surface area contributed by atoms with Gasteiger partial charge in [0.25, 0.3) is 0 Å². The van der Waals surface area contributed by atoms with Crippen LogP contribution in [0.15, 0.2) is 18.2 Å². The monoisotopic (exact) mass is 280 g/mol. The van der Waals surface area contributed by atoms with E-state index < -0.39 is 0 Å². The molecule has 2 atom stereocenters. The molecule has 2 unspecified atom stereocenters. The molecule has 0 saturated carbocycles. The van der Waals surface area contributed by atoms with Crippen molar-refractivity contribution in [2.24, 2.45) is 5.92 Å². The van der Waals surface area contributed by atoms with Crippen LogP contribution in [0.1, 0.15) is 25.8 Å². The van der Waals surface area contributed by atoms with Crippen molar-refractivity contribution in [3.8, 4) is 0 Å². The van der Waals surface area contributed by atoms with Gasteiger partial charge in [-0.25, -0.2) is 4.39 Å². The van der Waals surface area contributed by atoms with E-state index in [1.54, 1.807) is 19.2 Å². The maximum absolute atomic E-state index is 13.8. The van der Waals surface area contributed by atoms with Crippen molar-refractivity contribution < 1.29 is 9.13 Å². The number of rotatable bonds is 5. The van der Waals surface area contributed by atoms with Gasteiger partial charge in [0.1, 0.15) is 5.82 Å². The predicted molar refractivity (Wildman–Crippen MR) is 80.6 cm³/mol. The summed E-state index contributed by atoms with van der Waals surface area (Å²) in [6.45, 7) is 7.66. The Bertz CT molecular complexity index is 438. The molecule has 112 valence electrons. The second kappa shape index (κ2) is 7.04. The van der Waals surface area contributed by atoms with Crippen molar-refractivity contribution in [3.63, 3.8) is 0 Å². The third-order valence-electron chi connectivity index (χ3n) is 4.08. The Balaban J connectivity index is 2.13. The van der Waals surface area contributed by atoms with Gasteiger partial charge < -0.3 is 15.0 Å². The Morgan fingerprint density at radius 3 is 2.90 bits per heavy atom. The standard InChI is InChI=1S/C16H25FN2O/c1-4-18-10-13-7-14(17)9-15(8-13)19-6-5-12(2)16(11-19)20-3/h7-9,12,16,18H,4-6,10-11H2,1-3H3. The van der Waals surface area contributed by atoms with E-state index in [0.717, 1.165) is 37.3 Å². The molecule has 1 aliphatic rings. The molecule has 1 heterocycles. The summed E-state index contributed by atoms with van der Waals surface area (Å²) >= 11 is 0. The number of nitrogens with one attached hydrogen (secondary N) is 1. The van der Waals surface area contributed by atoms with E-state index in [2.05, 4.69) is 30.1 Å². The van der Waals surface area contributed by atoms with Crippen LogP contribution in [0.5, 0.6) is 0 Å². The minimum absolute atomic E-state index is 0.164. The third-order valence-corrected chi connectivity index (χ3v) is 4.08. The maximum atomic E-state index is 13.8. The van der Waals surface area contributed by atoms with Crippen LogP contribution in [0.3, 0.4) is 0 Å². The lowest BCUT2D eigenvalue weighted by Crippen LogP contribution is -2.44. The molecule has 0 amide bonds. The molecule has 3 nitrogen and oxygen atoms in total. The number of methoxy groups -OCH3 is 1. The van der Waals surface area contributed by atoms with Crippen LogP contribution >= 0.6 is 0 Å². The van der Waals surface area contributed by atoms with Crippen molar-refractivity contribution in [1.29, 1.82) is 0 Å². The fraction of sp³-hybridized carbons (Fsp3) is 0.625. The first-order chi connectivity index (χ1) is 9.63. The zero-order valence-electron chi connectivity index (χ0n) is 12.7. The molecule has 2 rings (SSSR count). The van der Waals surface area contributed by atoms with Crippen LogP contribution in [-0.2, 0) is 11.3 Å². The number of ether oxygens (including phenoxy) is 1. The second-order valence-electron chi connectivity index (χ2n) is 5.58. The summed E-state index contributed by atoms with van der Waals surface area (Å²) in [5, 5.41) is 3.24. The molecule has 0 aliphatic carbocycles. The van der Waals surface area contributed by atoms with Gasteiger partial charge >= 0.3 is 0 Å². The average molecular weight is 280 g/mol. The number of hydrogen-bond donors (Lipinski definition) is 1. The Kier molecular flexibility index (Phi) is 5.38. The largest absolute Gasteiger partial charge is 0.379 e. The highest BCUT2D eigenvalue weighted by molar-refractivity contribution is 5.49. The molecular weight excluding hydrogens is 255 g/mol. The summed E-state index contributed by atoms with van der Waals surface area (Å²) in [6, 6.07) is 5.30. The van der Waals surface area contributed by atoms with Gasteiger partial charge in [0.2, 0.25) is 0 Å². The van der Waals surface area contributed by atoms with Gasteiger partial charge in [-0.2, -0.15) is 0 Å². The Morgan fingerprint density at radius 1 is 1.40 bits per heavy atom. The van der Waals surface area contributed by atoms with Crippen LogP contribution in [0.4, 0.5) is 10.1 Å². The fourth-order valence-electron chi connectivity index (χ4n) is 2.76. The van der Waals surface area contributed by atoms with Crippen molar-refractivity contribution >= 4 is 5.69 Å². The normalized spacial score (nSPS) is 23.1. The molecule has 1 aromatic carbocycles. The number of piperidine rings is 1. The van der Waals surface area contributed by atoms with Crippen LogP contribution in [0.25, 0.3) is 0 Å². The SMILES string of the molecule is CCNCc1cc(F)cc(N2CCC(C)C(OC)C2)c1. The van der Waals surface area contributed by atoms with Gasteiger partial charge in [-0.3, -0.25) is 0 Å². The van der Waals surface area contributed by atoms with Gasteiger partial charge in [-0.15, -0.1) is 0 Å². The molecule has 1 aromatic rings. The lowest BCUT2D eigenvalue weighted by Gasteiger charge is -2.37. The highest BCUT2D eigenvalue weighted by Gasteiger charge is 2.26. The molecule has 0 spiro atoms. The molecule has 1 fully saturated rings. The van der Waals surface area contributed by atoms with Gasteiger partial charge in [0, 0.05) is 32.4 Å². The van der Waals surface area contributed by atoms with Crippen molar-refractivity contribution in [2.75, 3.05) is 31.6 Å². The zero-order chi connectivity index (χ0) is 14.5. The molecule has 0 bridgehead atoms. The Labute approximate surface area is 121 Å². The fourth-order valence-corrected chi connectivity index (χ4v) is 2.76. The smallest absolute Gasteiger partial charge is 0.125 e. The van der Waals surface area contributed by atoms with Gasteiger partial charge in [0.15, 0.2) is 0 Å². The number of nitrogens with zero attached hydrogens (tertiary/aromatic N) is 1. The summed E-state index contributed by atoms with van der Waals surface area (Å²) < 4.78 is 19.3. The molecule has 20 heavy (non-hydrogen) atoms. The van der Waals surface area contributed by atoms with Crippen LogP contribution in [-0.4, -0.2) is 32.8 Å². The minimum atomic E-state index is -0.164. The average Bonchev–Trinajstić information content (AvgIpc) is 2.45. The number of anilines is 1. The van der Waals surface area contributed by atoms with Gasteiger partial charge in [-0.05, 0) is 42.6 Å². The highest BCUT2D eigenvalue weighted by Crippen LogP contribution is 2.26. The summed E-state index contributed by atoms with van der Waals surface area (Å²) in [5.74, 6) is 0.397. The molecular formula is C16H25FN2O. The minimum Gasteiger partial charge on any atom is -0.379 e. The topological polar surface area (TPSA) is 24.5 Å². The van der Waals surface area contributed by atoms with E-state index in [0.29, 0.717) is 12.5 Å². The molecule has 1 saturated heterocycles. The van der Waals surface area contributed by atoms with E-state index in [-0.39, 0.29) is 11.9 Å². The second-order valence-corrected chi connectivity index (χ2v) is 5.58. The van der Waals surface area contributed by atoms with E-state index in [1.165, 1.54) is 0 Å². The summed E-state index contributed by atoms with van der Waals surface area (Å²) in [7, 11) is 1.76. The summed E-state index contributed by atoms with van der Waals surface area (Å²) in [5.41, 5.74) is 1.96. The first kappa shape index (κ1) is 15.3. The molecule has 0 radical (unpaired) electrons. The van der Waals surface area contributed by atoms with Gasteiger partial charge in [-0.1, -0.05) is 13.8 Å². The van der Waals surface area contributed by atoms with E-state index >= 15 is 0 Å². The van der Waals surface area contributed by atoms with Gasteiger partial charge in [0.05, 0.1) is 6.10 Å². The number of benzene rings is 1. The van der Waals surface area contributed by atoms with E-state index in [1.807, 2.05) is 0 Å². The van der Waals surface area contributed by atoms with Crippen LogP contribution in [0.2, 0.25) is 0 Å². The van der Waals surface area contributed by atoms with Crippen molar-refractivity contribution in [2.45, 2.75) is 32.9 Å². The Hall–Kier alpha value is -1.13. The molecule has 4 heteroatoms. The van der Waals surface area contributed by atoms with E-state index in [4.69, 9.17) is 4.74 Å². The lowest BCUT2D eigenvalue weighted by atomic mass is 9.95. The quantitative estimate of drug-likeness (QED) is 0.897. The third kappa shape index (κ3) is 3.70. The predicted octanol–water partition coefficient (Wildman–Crippen LogP) is 2.80. The van der Waals surface area contributed by atoms with Crippen molar-refractivity contribution in [1.82, 2.24) is 5.32 Å². The highest BCUT2D eigenvalue weighted by atomic mass is 19.1. The lowest BCUT2D eigenvalue weighted by molar-refractivity contribution is 0.0498. The van der Waals surface area contributed by atoms with Crippen LogP contribution < -0.4 is 10.2 Å². The summed E-state index contributed by atoms with van der Waals surface area (Å²) in [4.78, 5) is 2.23. The first-order valence-corrected chi connectivity index (χ1v) is 7.42. The zero-order valence-corrected chi connectivity index (χ0v) is 12.7. The molecule has 1 aliphatic heterocycles. The number of halogens is 1. The van der Waals surface area contributed by atoms with E-state index in [9.17, 15) is 4.39 Å². The number of hydrogen-bond acceptors (Lipinski definition) is 3. The van der Waals surface area contributed by atoms with Crippen LogP contribution in [0, 0.1) is 11.7 Å².